The van der Waals surface area contributed by atoms with Crippen molar-refractivity contribution >= 4 is 23.2 Å². The van der Waals surface area contributed by atoms with E-state index in [0.717, 1.165) is 18.9 Å². The molecule has 212 valence electrons. The molecule has 0 saturated carbocycles. The van der Waals surface area contributed by atoms with Crippen LogP contribution < -0.4 is 5.73 Å². The number of carbonyl (C=O) groups excluding carboxylic acids is 2. The summed E-state index contributed by atoms with van der Waals surface area (Å²) in [5.74, 6) is -1.45. The lowest BCUT2D eigenvalue weighted by Crippen LogP contribution is -2.46. The van der Waals surface area contributed by atoms with E-state index in [-0.39, 0.29) is 41.3 Å². The highest BCUT2D eigenvalue weighted by molar-refractivity contribution is 6.00. The number of piperidine rings is 1. The summed E-state index contributed by atoms with van der Waals surface area (Å²) in [4.78, 5) is 41.3. The predicted molar refractivity (Wildman–Crippen MR) is 147 cm³/mol. The lowest BCUT2D eigenvalue weighted by atomic mass is 9.85. The lowest BCUT2D eigenvalue weighted by molar-refractivity contribution is 0.0556. The molecule has 2 aliphatic heterocycles. The number of nitrogens with one attached hydrogen (secondary N) is 1. The van der Waals surface area contributed by atoms with Gasteiger partial charge < -0.3 is 10.6 Å². The van der Waals surface area contributed by atoms with Crippen LogP contribution in [0.5, 0.6) is 0 Å². The maximum absolute atomic E-state index is 13.7. The first-order chi connectivity index (χ1) is 20.3. The number of fused-ring (bicyclic) bond motifs is 3. The fourth-order valence-corrected chi connectivity index (χ4v) is 6.48. The first kappa shape index (κ1) is 25.9. The number of rotatable bonds is 5. The molecule has 2 aliphatic rings. The number of ketones is 1. The Hall–Kier alpha value is -5.07. The zero-order chi connectivity index (χ0) is 29.1. The molecular formula is C29H25F2N9O2. The molecule has 1 aromatic carbocycles. The zero-order valence-corrected chi connectivity index (χ0v) is 22.5. The van der Waals surface area contributed by atoms with Crippen LogP contribution in [-0.4, -0.2) is 63.4 Å². The number of amides is 1. The molecule has 3 N–H and O–H groups in total. The highest BCUT2D eigenvalue weighted by atomic mass is 19.1. The van der Waals surface area contributed by atoms with Crippen molar-refractivity contribution in [2.24, 2.45) is 0 Å². The van der Waals surface area contributed by atoms with Gasteiger partial charge in [-0.2, -0.15) is 14.7 Å². The Morgan fingerprint density at radius 3 is 2.36 bits per heavy atom. The van der Waals surface area contributed by atoms with E-state index in [9.17, 15) is 18.4 Å². The number of benzene rings is 1. The molecule has 7 rings (SSSR count). The highest BCUT2D eigenvalue weighted by Gasteiger charge is 2.45. The van der Waals surface area contributed by atoms with E-state index in [1.165, 1.54) is 29.9 Å². The van der Waals surface area contributed by atoms with E-state index in [1.54, 1.807) is 24.5 Å². The van der Waals surface area contributed by atoms with Gasteiger partial charge in [-0.05, 0) is 50.8 Å². The zero-order valence-electron chi connectivity index (χ0n) is 22.5. The maximum Gasteiger partial charge on any atom is 0.291 e. The second-order valence-electron chi connectivity index (χ2n) is 10.8. The molecule has 6 heterocycles. The number of aromatic nitrogens is 7. The first-order valence-electron chi connectivity index (χ1n) is 13.6. The third kappa shape index (κ3) is 4.19. The summed E-state index contributed by atoms with van der Waals surface area (Å²) in [6.45, 7) is 1.46. The highest BCUT2D eigenvalue weighted by Crippen LogP contribution is 2.45. The Morgan fingerprint density at radius 2 is 1.74 bits per heavy atom. The number of carbonyl (C=O) groups is 2. The molecule has 0 spiro atoms. The SMILES string of the molecule is CC(=O)c1c(C2C[C@H]3CC[C@H](C2)N3C(=O)c2ncn[nH]2)nc2c(-c3ccc(-c4cc(F)cc(F)c4)nc3)cnn2c1N. The van der Waals surface area contributed by atoms with Crippen LogP contribution in [0.4, 0.5) is 14.6 Å². The summed E-state index contributed by atoms with van der Waals surface area (Å²) in [6, 6.07) is 6.63. The van der Waals surface area contributed by atoms with E-state index in [4.69, 9.17) is 10.7 Å². The van der Waals surface area contributed by atoms with Gasteiger partial charge >= 0.3 is 0 Å². The second-order valence-corrected chi connectivity index (χ2v) is 10.8. The first-order valence-corrected chi connectivity index (χ1v) is 13.6. The van der Waals surface area contributed by atoms with Gasteiger partial charge in [0.25, 0.3) is 5.91 Å². The Bertz CT molecular complexity index is 1820. The molecule has 2 atom stereocenters. The van der Waals surface area contributed by atoms with E-state index >= 15 is 0 Å². The van der Waals surface area contributed by atoms with Gasteiger partial charge in [0, 0.05) is 47.0 Å². The average Bonchev–Trinajstić information content (AvgIpc) is 3.70. The van der Waals surface area contributed by atoms with Gasteiger partial charge in [-0.15, -0.1) is 0 Å². The van der Waals surface area contributed by atoms with Crippen LogP contribution in [0.3, 0.4) is 0 Å². The van der Waals surface area contributed by atoms with E-state index in [1.807, 2.05) is 4.90 Å². The van der Waals surface area contributed by atoms with Crippen molar-refractivity contribution in [1.29, 1.82) is 0 Å². The van der Waals surface area contributed by atoms with Gasteiger partial charge in [-0.25, -0.2) is 18.7 Å². The molecule has 42 heavy (non-hydrogen) atoms. The summed E-state index contributed by atoms with van der Waals surface area (Å²) in [7, 11) is 0. The molecule has 4 aromatic heterocycles. The van der Waals surface area contributed by atoms with Gasteiger partial charge in [-0.3, -0.25) is 19.7 Å². The monoisotopic (exact) mass is 569 g/mol. The maximum atomic E-state index is 13.7. The van der Waals surface area contributed by atoms with Gasteiger partial charge in [0.15, 0.2) is 11.4 Å². The van der Waals surface area contributed by atoms with Crippen molar-refractivity contribution < 1.29 is 18.4 Å². The number of nitrogens with two attached hydrogens (primary N) is 1. The number of nitrogens with zero attached hydrogens (tertiary/aromatic N) is 7. The summed E-state index contributed by atoms with van der Waals surface area (Å²) in [6.07, 6.45) is 7.45. The number of halogens is 2. The van der Waals surface area contributed by atoms with Crippen LogP contribution in [-0.2, 0) is 0 Å². The number of Topliss-reactive ketones (excluding diaryl/α,β-unsaturated/α-hetero) is 1. The molecule has 11 nitrogen and oxygen atoms in total. The minimum absolute atomic E-state index is 0.0285. The number of hydrogen-bond acceptors (Lipinski definition) is 8. The summed E-state index contributed by atoms with van der Waals surface area (Å²) >= 11 is 0. The smallest absolute Gasteiger partial charge is 0.291 e. The summed E-state index contributed by atoms with van der Waals surface area (Å²) in [5.41, 5.74) is 9.97. The third-order valence-corrected chi connectivity index (χ3v) is 8.27. The van der Waals surface area contributed by atoms with Gasteiger partial charge in [-0.1, -0.05) is 6.07 Å². The topological polar surface area (TPSA) is 148 Å². The largest absolute Gasteiger partial charge is 0.383 e. The van der Waals surface area contributed by atoms with E-state index in [0.29, 0.717) is 52.1 Å². The van der Waals surface area contributed by atoms with Crippen LogP contribution in [0.15, 0.2) is 49.1 Å². The summed E-state index contributed by atoms with van der Waals surface area (Å²) < 4.78 is 28.9. The van der Waals surface area contributed by atoms with E-state index in [2.05, 4.69) is 25.3 Å². The number of nitrogen functional groups attached to an aromatic ring is 1. The molecule has 2 bridgehead atoms. The predicted octanol–water partition coefficient (Wildman–Crippen LogP) is 4.19. The molecule has 2 fully saturated rings. The molecule has 0 aliphatic carbocycles. The Morgan fingerprint density at radius 1 is 1.00 bits per heavy atom. The van der Waals surface area contributed by atoms with Crippen molar-refractivity contribution in [3.8, 4) is 22.4 Å². The Balaban J connectivity index is 1.25. The number of H-pyrrole nitrogens is 1. The number of hydrogen-bond donors (Lipinski definition) is 2. The van der Waals surface area contributed by atoms with Crippen LogP contribution in [0.2, 0.25) is 0 Å². The normalized spacial score (nSPS) is 19.9. The van der Waals surface area contributed by atoms with Gasteiger partial charge in [0.2, 0.25) is 5.82 Å². The van der Waals surface area contributed by atoms with Crippen molar-refractivity contribution in [1.82, 2.24) is 39.7 Å². The Kier molecular flexibility index (Phi) is 6.03. The average molecular weight is 570 g/mol. The van der Waals surface area contributed by atoms with Crippen LogP contribution >= 0.6 is 0 Å². The molecule has 13 heteroatoms. The minimum Gasteiger partial charge on any atom is -0.383 e. The van der Waals surface area contributed by atoms with Crippen molar-refractivity contribution in [2.75, 3.05) is 5.73 Å². The second kappa shape index (κ2) is 9.79. The third-order valence-electron chi connectivity index (χ3n) is 8.27. The van der Waals surface area contributed by atoms with Crippen molar-refractivity contribution in [2.45, 2.75) is 50.6 Å². The molecule has 1 amide bonds. The minimum atomic E-state index is -0.686. The molecule has 0 radical (unpaired) electrons. The molecular weight excluding hydrogens is 544 g/mol. The fraction of sp³-hybridized carbons (Fsp3) is 0.276. The number of pyridine rings is 1. The molecule has 2 saturated heterocycles. The fourth-order valence-electron chi connectivity index (χ4n) is 6.48. The van der Waals surface area contributed by atoms with Crippen LogP contribution in [0.25, 0.3) is 28.0 Å². The van der Waals surface area contributed by atoms with Gasteiger partial charge in [0.1, 0.15) is 23.8 Å². The number of anilines is 1. The standard InChI is InChI=1S/C29H25F2N9O2/c1-14(41)24-25(17-8-20-3-4-21(9-17)39(20)29(42)27-34-13-35-38-27)37-28-22(12-36-40(28)26(24)32)15-2-5-23(33-11-15)16-6-18(30)10-19(31)7-16/h2,5-7,10-13,17,20-21H,3-4,8-9,32H2,1H3,(H,34,35,38)/t20-,21-/m1/s1. The van der Waals surface area contributed by atoms with Gasteiger partial charge in [0.05, 0.1) is 23.1 Å². The molecule has 0 unspecified atom stereocenters. The van der Waals surface area contributed by atoms with E-state index < -0.39 is 11.6 Å². The quantitative estimate of drug-likeness (QED) is 0.300. The number of aromatic amines is 1. The van der Waals surface area contributed by atoms with Crippen LogP contribution in [0.1, 0.15) is 65.2 Å². The van der Waals surface area contributed by atoms with Crippen LogP contribution in [0, 0.1) is 11.6 Å². The summed E-state index contributed by atoms with van der Waals surface area (Å²) in [5, 5.41) is 10.9. The Labute approximate surface area is 237 Å². The van der Waals surface area contributed by atoms with Crippen molar-refractivity contribution in [3.63, 3.8) is 0 Å². The lowest BCUT2D eigenvalue weighted by Gasteiger charge is -2.38. The molecule has 5 aromatic rings. The van der Waals surface area contributed by atoms with Crippen molar-refractivity contribution in [3.05, 3.63) is 77.8 Å².